The van der Waals surface area contributed by atoms with Gasteiger partial charge in [-0.25, -0.2) is 25.6 Å². The lowest BCUT2D eigenvalue weighted by Gasteiger charge is -2.39. The predicted octanol–water partition coefficient (Wildman–Crippen LogP) is 12.2. The third-order valence-corrected chi connectivity index (χ3v) is 21.3. The number of likely N-dealkylation sites (tertiary alicyclic amines) is 2. The minimum Gasteiger partial charge on any atom is -0.396 e. The number of aliphatic hydroxyl groups excluding tert-OH is 1. The van der Waals surface area contributed by atoms with Crippen molar-refractivity contribution in [3.05, 3.63) is 197 Å². The van der Waals surface area contributed by atoms with Gasteiger partial charge in [0, 0.05) is 49.1 Å². The Balaban J connectivity index is 0.000000204. The molecule has 4 unspecified atom stereocenters. The highest BCUT2D eigenvalue weighted by molar-refractivity contribution is 7.91. The van der Waals surface area contributed by atoms with Crippen LogP contribution in [0.1, 0.15) is 132 Å². The maximum Gasteiger partial charge on any atom is 0.257 e. The third kappa shape index (κ3) is 15.3. The van der Waals surface area contributed by atoms with Gasteiger partial charge < -0.3 is 39.9 Å². The van der Waals surface area contributed by atoms with E-state index in [1.807, 2.05) is 58.3 Å². The summed E-state index contributed by atoms with van der Waals surface area (Å²) in [5.41, 5.74) is -4.51. The van der Waals surface area contributed by atoms with Crippen LogP contribution in [0.15, 0.2) is 125 Å². The third-order valence-electron chi connectivity index (χ3n) is 18.0. The number of hydrogen-bond donors (Lipinski definition) is 4. The molecule has 6 aromatic carbocycles. The first-order valence-electron chi connectivity index (χ1n) is 29.8. The average Bonchev–Trinajstić information content (AvgIpc) is 1.55. The Labute approximate surface area is 546 Å². The number of carbonyl (C=O) groups excluding carboxylic acids is 2. The molecule has 5 aliphatic rings. The van der Waals surface area contributed by atoms with Gasteiger partial charge in [-0.2, -0.15) is 0 Å². The highest BCUT2D eigenvalue weighted by Gasteiger charge is 2.54. The van der Waals surface area contributed by atoms with E-state index < -0.39 is 71.7 Å². The molecule has 23 heteroatoms. The van der Waals surface area contributed by atoms with Crippen LogP contribution in [0.2, 0.25) is 20.1 Å². The molecule has 11 rings (SSSR count). The van der Waals surface area contributed by atoms with Crippen molar-refractivity contribution in [1.82, 2.24) is 19.6 Å². The summed E-state index contributed by atoms with van der Waals surface area (Å²) < 4.78 is 88.5. The van der Waals surface area contributed by atoms with Crippen molar-refractivity contribution in [2.75, 3.05) is 66.0 Å². The van der Waals surface area contributed by atoms with Gasteiger partial charge in [0.25, 0.3) is 11.8 Å². The zero-order valence-corrected chi connectivity index (χ0v) is 56.3. The van der Waals surface area contributed by atoms with E-state index in [1.165, 1.54) is 83.8 Å². The number of aliphatic hydroxyl groups is 4. The monoisotopic (exact) mass is 1360 g/mol. The largest absolute Gasteiger partial charge is 0.396 e. The van der Waals surface area contributed by atoms with E-state index in [4.69, 9.17) is 51.1 Å². The second kappa shape index (κ2) is 28.2. The van der Waals surface area contributed by atoms with Gasteiger partial charge in [0.1, 0.15) is 11.6 Å². The quantitative estimate of drug-likeness (QED) is 0.0756. The molecule has 3 fully saturated rings. The summed E-state index contributed by atoms with van der Waals surface area (Å²) in [6, 6.07) is 29.5. The lowest BCUT2D eigenvalue weighted by Crippen LogP contribution is -2.44. The fraction of sp³-hybridized carbons (Fsp3) is 0.433. The van der Waals surface area contributed by atoms with Gasteiger partial charge in [-0.15, -0.1) is 0 Å². The number of carbonyl (C=O) groups is 2. The Bertz CT molecular complexity index is 3830. The Morgan fingerprint density at radius 3 is 1.50 bits per heavy atom. The molecule has 486 valence electrons. The number of rotatable bonds is 15. The summed E-state index contributed by atoms with van der Waals surface area (Å²) >= 11 is 23.8. The van der Waals surface area contributed by atoms with Gasteiger partial charge in [-0.1, -0.05) is 103 Å². The van der Waals surface area contributed by atoms with Gasteiger partial charge in [0.2, 0.25) is 0 Å². The van der Waals surface area contributed by atoms with E-state index in [1.54, 1.807) is 19.9 Å². The number of amides is 2. The molecule has 1 saturated carbocycles. The van der Waals surface area contributed by atoms with Crippen LogP contribution in [0.4, 0.5) is 8.78 Å². The molecule has 4 N–H and O–H groups in total. The molecular weight excluding hydrogens is 1280 g/mol. The lowest BCUT2D eigenvalue weighted by atomic mass is 9.76. The summed E-state index contributed by atoms with van der Waals surface area (Å²) in [6.07, 6.45) is 5.34. The molecule has 0 aromatic heterocycles. The molecule has 2 saturated heterocycles. The van der Waals surface area contributed by atoms with Crippen LogP contribution in [0, 0.1) is 28.9 Å². The van der Waals surface area contributed by atoms with Gasteiger partial charge in [0.05, 0.1) is 64.0 Å². The molecular formula is C67H78Cl4F2N4O11S2. The Morgan fingerprint density at radius 2 is 1.06 bits per heavy atom. The number of piperidine rings is 2. The number of halogens is 6. The first-order chi connectivity index (χ1) is 42.3. The number of nitrogens with zero attached hydrogens (tertiary/aromatic N) is 4. The minimum absolute atomic E-state index is 0.0251. The molecule has 0 radical (unpaired) electrons. The normalized spacial score (nSPS) is 20.8. The smallest absolute Gasteiger partial charge is 0.257 e. The Kier molecular flexibility index (Phi) is 22.2. The zero-order chi connectivity index (χ0) is 66.1. The van der Waals surface area contributed by atoms with E-state index in [0.29, 0.717) is 29.0 Å². The fourth-order valence-corrected chi connectivity index (χ4v) is 14.9. The molecule has 4 atom stereocenters. The van der Waals surface area contributed by atoms with Crippen LogP contribution in [0.3, 0.4) is 0 Å². The fourth-order valence-electron chi connectivity index (χ4n) is 12.3. The summed E-state index contributed by atoms with van der Waals surface area (Å²) in [7, 11) is -3.44. The van der Waals surface area contributed by atoms with Crippen LogP contribution in [-0.4, -0.2) is 135 Å². The molecule has 1 aliphatic carbocycles. The number of hydrogen-bond acceptors (Lipinski definition) is 13. The zero-order valence-electron chi connectivity index (χ0n) is 51.6. The van der Waals surface area contributed by atoms with Crippen LogP contribution in [-0.2, 0) is 54.4 Å². The Morgan fingerprint density at radius 1 is 0.611 bits per heavy atom. The topological polar surface area (TPSA) is 206 Å². The first kappa shape index (κ1) is 70.8. The van der Waals surface area contributed by atoms with Crippen molar-refractivity contribution in [2.45, 2.75) is 112 Å². The van der Waals surface area contributed by atoms with E-state index in [9.17, 15) is 46.9 Å². The first-order valence-corrected chi connectivity index (χ1v) is 35.1. The number of ether oxygens (including phenoxy) is 1. The van der Waals surface area contributed by atoms with Gasteiger partial charge in [0.15, 0.2) is 31.6 Å². The molecule has 90 heavy (non-hydrogen) atoms. The molecule has 2 amide bonds. The van der Waals surface area contributed by atoms with Crippen LogP contribution >= 0.6 is 46.4 Å². The van der Waals surface area contributed by atoms with Crippen molar-refractivity contribution in [1.29, 1.82) is 0 Å². The van der Waals surface area contributed by atoms with Gasteiger partial charge in [-0.3, -0.25) is 14.5 Å². The maximum absolute atomic E-state index is 16.2. The van der Waals surface area contributed by atoms with Crippen molar-refractivity contribution in [2.24, 2.45) is 17.3 Å². The second-order valence-electron chi connectivity index (χ2n) is 24.4. The van der Waals surface area contributed by atoms with E-state index in [0.717, 1.165) is 74.3 Å². The van der Waals surface area contributed by atoms with E-state index in [2.05, 4.69) is 9.80 Å². The SMILES string of the molecule is CC.CN1CCC(C(C)(O)c2cc(F)c3c(c2)C(=O)N(Cc2ccc(Cl)cc2S(C)(=O)=O)C3(O)c2ccc(Cl)cc2)CC1.CN1CCC(C(C)(O)c2cc(F)c3c(c2)C(=O)N(Cc2ccc(Cl)cc2S(C)(=O)=O)C3OCC2(CO)CC2)CC1.Clc1ccccc1. The van der Waals surface area contributed by atoms with Gasteiger partial charge in [-0.05, 0) is 200 Å². The van der Waals surface area contributed by atoms with Gasteiger partial charge >= 0.3 is 0 Å². The maximum atomic E-state index is 16.2. The number of fused-ring (bicyclic) bond motifs is 2. The highest BCUT2D eigenvalue weighted by Crippen LogP contribution is 2.50. The van der Waals surface area contributed by atoms with Crippen molar-refractivity contribution < 1.29 is 60.4 Å². The number of benzene rings is 6. The van der Waals surface area contributed by atoms with Crippen LogP contribution in [0.5, 0.6) is 0 Å². The standard InChI is InChI=1S/C30H31Cl2FN2O5S.C29H36ClFN2O6S.C6H5Cl.C2H6/c1-29(37,19-10-12-34(2)13-11-19)21-14-24-27(25(33)15-21)30(38,20-5-8-22(31)9-6-20)35(28(24)36)17-18-4-7-23(32)16-26(18)41(3,39)40;1-28(36,19-6-10-32(2)11-7-19)20-12-22-25(23(31)13-20)27(39-17-29(16-34)8-9-29)33(26(22)35)15-18-4-5-21(30)14-24(18)40(3,37)38;7-6-4-2-1-3-5-6;1-2/h4-9,14-16,19,37-38H,10-13,17H2,1-3H3;4-5,12-14,19,27,34,36H,6-11,15-17H2,1-3H3;1-5H;1-2H3. The molecule has 15 nitrogen and oxygen atoms in total. The van der Waals surface area contributed by atoms with E-state index >= 15 is 8.78 Å². The Hall–Kier alpha value is -5.10. The average molecular weight is 1360 g/mol. The summed E-state index contributed by atoms with van der Waals surface area (Å²) in [5.74, 6) is -3.04. The van der Waals surface area contributed by atoms with Crippen LogP contribution < -0.4 is 0 Å². The summed E-state index contributed by atoms with van der Waals surface area (Å²) in [6.45, 7) is 9.97. The summed E-state index contributed by atoms with van der Waals surface area (Å²) in [4.78, 5) is 34.5. The minimum atomic E-state index is -3.77. The summed E-state index contributed by atoms with van der Waals surface area (Å²) in [5, 5.41) is 46.8. The molecule has 6 aromatic rings. The molecule has 0 spiro atoms. The number of sulfone groups is 2. The van der Waals surface area contributed by atoms with Crippen molar-refractivity contribution in [3.8, 4) is 0 Å². The van der Waals surface area contributed by atoms with Crippen molar-refractivity contribution >= 4 is 77.9 Å². The molecule has 4 aliphatic heterocycles. The lowest BCUT2D eigenvalue weighted by molar-refractivity contribution is -0.0675. The van der Waals surface area contributed by atoms with Crippen LogP contribution in [0.25, 0.3) is 0 Å². The molecule has 4 heterocycles. The molecule has 0 bridgehead atoms. The predicted molar refractivity (Wildman–Crippen MR) is 346 cm³/mol. The highest BCUT2D eigenvalue weighted by atomic mass is 35.5. The van der Waals surface area contributed by atoms with E-state index in [-0.39, 0.29) is 96.9 Å². The van der Waals surface area contributed by atoms with Crippen molar-refractivity contribution in [3.63, 3.8) is 0 Å². The second-order valence-corrected chi connectivity index (χ2v) is 30.1.